The van der Waals surface area contributed by atoms with Gasteiger partial charge in [-0.1, -0.05) is 22.9 Å². The van der Waals surface area contributed by atoms with E-state index in [1.54, 1.807) is 19.1 Å². The second-order valence-electron chi connectivity index (χ2n) is 7.58. The van der Waals surface area contributed by atoms with Gasteiger partial charge in [0.15, 0.2) is 11.5 Å². The topological polar surface area (TPSA) is 85.9 Å². The van der Waals surface area contributed by atoms with Gasteiger partial charge >= 0.3 is 12.0 Å². The van der Waals surface area contributed by atoms with E-state index < -0.39 is 12.0 Å². The van der Waals surface area contributed by atoms with E-state index in [2.05, 4.69) is 33.5 Å². The Balaban J connectivity index is 1.63. The third kappa shape index (κ3) is 3.70. The van der Waals surface area contributed by atoms with Gasteiger partial charge in [-0.15, -0.1) is 0 Å². The maximum atomic E-state index is 13.1. The summed E-state index contributed by atoms with van der Waals surface area (Å²) in [6, 6.07) is 2.56. The van der Waals surface area contributed by atoms with Gasteiger partial charge in [0.25, 0.3) is 0 Å². The zero-order valence-corrected chi connectivity index (χ0v) is 17.4. The van der Waals surface area contributed by atoms with E-state index in [0.29, 0.717) is 38.7 Å². The molecular formula is C20H23BrN2O5. The van der Waals surface area contributed by atoms with Crippen LogP contribution in [0, 0.1) is 5.92 Å². The number of halogens is 1. The number of fused-ring (bicyclic) bond motifs is 1. The van der Waals surface area contributed by atoms with Crippen LogP contribution in [-0.4, -0.2) is 24.9 Å². The van der Waals surface area contributed by atoms with Gasteiger partial charge in [0.2, 0.25) is 6.79 Å². The van der Waals surface area contributed by atoms with Crippen LogP contribution in [0.2, 0.25) is 0 Å². The van der Waals surface area contributed by atoms with Crippen LogP contribution in [0.15, 0.2) is 27.9 Å². The van der Waals surface area contributed by atoms with Gasteiger partial charge < -0.3 is 24.8 Å². The van der Waals surface area contributed by atoms with E-state index in [0.717, 1.165) is 25.7 Å². The van der Waals surface area contributed by atoms with E-state index >= 15 is 0 Å². The lowest BCUT2D eigenvalue weighted by Crippen LogP contribution is -2.45. The summed E-state index contributed by atoms with van der Waals surface area (Å²) in [5.41, 5.74) is 1.60. The van der Waals surface area contributed by atoms with Crippen molar-refractivity contribution in [2.45, 2.75) is 51.7 Å². The molecule has 0 aromatic heterocycles. The van der Waals surface area contributed by atoms with Crippen LogP contribution in [0.25, 0.3) is 0 Å². The quantitative estimate of drug-likeness (QED) is 0.681. The first-order chi connectivity index (χ1) is 13.4. The van der Waals surface area contributed by atoms with Crippen LogP contribution in [0.3, 0.4) is 0 Å². The molecule has 28 heavy (non-hydrogen) atoms. The molecule has 0 radical (unpaired) electrons. The van der Waals surface area contributed by atoms with Crippen molar-refractivity contribution in [3.8, 4) is 11.5 Å². The van der Waals surface area contributed by atoms with Crippen molar-refractivity contribution in [1.29, 1.82) is 0 Å². The molecule has 2 aliphatic heterocycles. The number of amides is 2. The summed E-state index contributed by atoms with van der Waals surface area (Å²) < 4.78 is 17.4. The van der Waals surface area contributed by atoms with Crippen molar-refractivity contribution in [3.63, 3.8) is 0 Å². The summed E-state index contributed by atoms with van der Waals surface area (Å²) in [5.74, 6) is 1.47. The molecule has 0 spiro atoms. The number of ether oxygens (including phenoxy) is 3. The maximum absolute atomic E-state index is 13.1. The van der Waals surface area contributed by atoms with Crippen molar-refractivity contribution in [2.24, 2.45) is 5.92 Å². The van der Waals surface area contributed by atoms with Crippen molar-refractivity contribution >= 4 is 27.9 Å². The third-order valence-electron chi connectivity index (χ3n) is 5.53. The zero-order valence-electron chi connectivity index (χ0n) is 15.8. The minimum atomic E-state index is -0.646. The number of carbonyl (C=O) groups is 2. The van der Waals surface area contributed by atoms with Crippen LogP contribution in [0.4, 0.5) is 4.79 Å². The summed E-state index contributed by atoms with van der Waals surface area (Å²) in [5, 5.41) is 5.52. The molecule has 2 heterocycles. The first-order valence-corrected chi connectivity index (χ1v) is 10.3. The number of rotatable bonds is 3. The molecule has 1 atom stereocenters. The van der Waals surface area contributed by atoms with Crippen LogP contribution in [-0.2, 0) is 9.53 Å². The number of hydrogen-bond acceptors (Lipinski definition) is 5. The minimum Gasteiger partial charge on any atom is -0.459 e. The second-order valence-corrected chi connectivity index (χ2v) is 8.44. The standard InChI is InChI=1S/C20H23BrN2O5/c1-10-3-5-12(6-4-10)28-19(24)17-11(2)22-20(25)23-18(17)13-7-15-16(8-14(13)21)27-9-26-15/h7-8,10,12,18H,3-6,9H2,1-2H3,(H2,22,23,25). The Morgan fingerprint density at radius 3 is 2.57 bits per heavy atom. The highest BCUT2D eigenvalue weighted by atomic mass is 79.9. The molecular weight excluding hydrogens is 428 g/mol. The van der Waals surface area contributed by atoms with Gasteiger partial charge in [-0.2, -0.15) is 0 Å². The molecule has 2 amide bonds. The number of carbonyl (C=O) groups excluding carboxylic acids is 2. The number of allylic oxidation sites excluding steroid dienone is 1. The molecule has 0 saturated heterocycles. The lowest BCUT2D eigenvalue weighted by molar-refractivity contribution is -0.146. The number of benzene rings is 1. The number of nitrogens with one attached hydrogen (secondary N) is 2. The van der Waals surface area contributed by atoms with Gasteiger partial charge in [-0.3, -0.25) is 0 Å². The number of hydrogen-bond donors (Lipinski definition) is 2. The molecule has 3 aliphatic rings. The minimum absolute atomic E-state index is 0.0810. The Bertz CT molecular complexity index is 845. The fourth-order valence-electron chi connectivity index (χ4n) is 3.91. The fraction of sp³-hybridized carbons (Fsp3) is 0.500. The van der Waals surface area contributed by atoms with Gasteiger partial charge in [0, 0.05) is 10.2 Å². The summed E-state index contributed by atoms with van der Waals surface area (Å²) in [7, 11) is 0. The van der Waals surface area contributed by atoms with Crippen molar-refractivity contribution < 1.29 is 23.8 Å². The van der Waals surface area contributed by atoms with Crippen LogP contribution < -0.4 is 20.1 Å². The average molecular weight is 451 g/mol. The number of esters is 1. The van der Waals surface area contributed by atoms with E-state index in [4.69, 9.17) is 14.2 Å². The monoisotopic (exact) mass is 450 g/mol. The molecule has 150 valence electrons. The van der Waals surface area contributed by atoms with Gasteiger partial charge in [-0.05, 0) is 56.2 Å². The molecule has 2 N–H and O–H groups in total. The molecule has 1 fully saturated rings. The molecule has 0 bridgehead atoms. The Morgan fingerprint density at radius 1 is 1.18 bits per heavy atom. The van der Waals surface area contributed by atoms with Crippen LogP contribution >= 0.6 is 15.9 Å². The molecule has 8 heteroatoms. The van der Waals surface area contributed by atoms with Crippen molar-refractivity contribution in [2.75, 3.05) is 6.79 Å². The Labute approximate surface area is 171 Å². The highest BCUT2D eigenvalue weighted by Gasteiger charge is 2.36. The van der Waals surface area contributed by atoms with Crippen LogP contribution in [0.5, 0.6) is 11.5 Å². The first-order valence-electron chi connectivity index (χ1n) is 9.50. The molecule has 1 unspecified atom stereocenters. The highest BCUT2D eigenvalue weighted by Crippen LogP contribution is 2.41. The fourth-order valence-corrected chi connectivity index (χ4v) is 4.47. The Hall–Kier alpha value is -2.22. The molecule has 7 nitrogen and oxygen atoms in total. The lowest BCUT2D eigenvalue weighted by atomic mass is 9.88. The van der Waals surface area contributed by atoms with E-state index in [9.17, 15) is 9.59 Å². The molecule has 4 rings (SSSR count). The molecule has 1 aromatic rings. The molecule has 1 aliphatic carbocycles. The van der Waals surface area contributed by atoms with Gasteiger partial charge in [-0.25, -0.2) is 9.59 Å². The lowest BCUT2D eigenvalue weighted by Gasteiger charge is -2.31. The third-order valence-corrected chi connectivity index (χ3v) is 6.22. The summed E-state index contributed by atoms with van der Waals surface area (Å²) in [6.07, 6.45) is 3.78. The van der Waals surface area contributed by atoms with E-state index in [1.165, 1.54) is 0 Å². The normalized spacial score (nSPS) is 26.5. The number of urea groups is 1. The maximum Gasteiger partial charge on any atom is 0.338 e. The molecule has 1 aromatic carbocycles. The van der Waals surface area contributed by atoms with Crippen molar-refractivity contribution in [3.05, 3.63) is 33.4 Å². The highest BCUT2D eigenvalue weighted by molar-refractivity contribution is 9.10. The SMILES string of the molecule is CC1=C(C(=O)OC2CCC(C)CC2)C(c2cc3c(cc2Br)OCO3)NC(=O)N1. The molecule has 1 saturated carbocycles. The van der Waals surface area contributed by atoms with Crippen molar-refractivity contribution in [1.82, 2.24) is 10.6 Å². The predicted octanol–water partition coefficient (Wildman–Crippen LogP) is 3.93. The zero-order chi connectivity index (χ0) is 19.8. The summed E-state index contributed by atoms with van der Waals surface area (Å²) >= 11 is 3.53. The summed E-state index contributed by atoms with van der Waals surface area (Å²) in [4.78, 5) is 25.2. The largest absolute Gasteiger partial charge is 0.459 e. The predicted molar refractivity (Wildman–Crippen MR) is 105 cm³/mol. The second kappa shape index (κ2) is 7.66. The Kier molecular flexibility index (Phi) is 5.23. The van der Waals surface area contributed by atoms with E-state index in [1.807, 2.05) is 0 Å². The van der Waals surface area contributed by atoms with Crippen LogP contribution in [0.1, 0.15) is 51.1 Å². The van der Waals surface area contributed by atoms with Gasteiger partial charge in [0.1, 0.15) is 6.10 Å². The Morgan fingerprint density at radius 2 is 1.86 bits per heavy atom. The smallest absolute Gasteiger partial charge is 0.338 e. The van der Waals surface area contributed by atoms with E-state index in [-0.39, 0.29) is 18.9 Å². The first kappa shape index (κ1) is 19.1. The summed E-state index contributed by atoms with van der Waals surface area (Å²) in [6.45, 7) is 4.08. The average Bonchev–Trinajstić information content (AvgIpc) is 3.09. The van der Waals surface area contributed by atoms with Gasteiger partial charge in [0.05, 0.1) is 11.6 Å².